The summed E-state index contributed by atoms with van der Waals surface area (Å²) in [5.74, 6) is 0.803. The lowest BCUT2D eigenvalue weighted by atomic mass is 10.1. The maximum Gasteiger partial charge on any atom is 0.145 e. The minimum absolute atomic E-state index is 0.0633. The summed E-state index contributed by atoms with van der Waals surface area (Å²) >= 11 is 3.25. The third kappa shape index (κ3) is 3.52. The average Bonchev–Trinajstić information content (AvgIpc) is 2.42. The number of nitrogens with two attached hydrogens (primary N) is 1. The standard InChI is InChI=1S/C14H14BrFN2O/c1-2-12(17)13-5-4-10(8-18-13)19-14-6-3-9(16)7-11(14)15/h3-8,12H,2,17H2,1H3/t12-/m0/s1. The highest BCUT2D eigenvalue weighted by molar-refractivity contribution is 9.10. The summed E-state index contributed by atoms with van der Waals surface area (Å²) in [4.78, 5) is 4.25. The van der Waals surface area contributed by atoms with Crippen LogP contribution >= 0.6 is 15.9 Å². The Morgan fingerprint density at radius 2 is 2.16 bits per heavy atom. The van der Waals surface area contributed by atoms with E-state index in [4.69, 9.17) is 10.5 Å². The molecule has 0 fully saturated rings. The van der Waals surface area contributed by atoms with Crippen LogP contribution in [-0.2, 0) is 0 Å². The second-order valence-corrected chi connectivity index (χ2v) is 4.96. The number of rotatable bonds is 4. The van der Waals surface area contributed by atoms with Crippen molar-refractivity contribution in [3.8, 4) is 11.5 Å². The third-order valence-corrected chi connectivity index (χ3v) is 3.32. The van der Waals surface area contributed by atoms with E-state index in [1.54, 1.807) is 18.3 Å². The molecule has 0 radical (unpaired) electrons. The molecule has 1 aromatic heterocycles. The zero-order valence-corrected chi connectivity index (χ0v) is 12.0. The van der Waals surface area contributed by atoms with Gasteiger partial charge in [0, 0.05) is 6.04 Å². The minimum Gasteiger partial charge on any atom is -0.455 e. The van der Waals surface area contributed by atoms with E-state index in [-0.39, 0.29) is 11.9 Å². The van der Waals surface area contributed by atoms with Crippen molar-refractivity contribution >= 4 is 15.9 Å². The largest absolute Gasteiger partial charge is 0.455 e. The molecule has 2 aromatic rings. The number of halogens is 2. The number of pyridine rings is 1. The number of hydrogen-bond acceptors (Lipinski definition) is 3. The van der Waals surface area contributed by atoms with E-state index in [1.807, 2.05) is 13.0 Å². The fourth-order valence-electron chi connectivity index (χ4n) is 1.57. The molecule has 1 aromatic carbocycles. The minimum atomic E-state index is -0.318. The molecule has 0 bridgehead atoms. The van der Waals surface area contributed by atoms with Crippen LogP contribution in [0.3, 0.4) is 0 Å². The molecule has 100 valence electrons. The first-order valence-corrected chi connectivity index (χ1v) is 6.74. The van der Waals surface area contributed by atoms with E-state index in [9.17, 15) is 4.39 Å². The molecule has 2 N–H and O–H groups in total. The van der Waals surface area contributed by atoms with Crippen molar-refractivity contribution < 1.29 is 9.13 Å². The molecule has 2 rings (SSSR count). The predicted octanol–water partition coefficient (Wildman–Crippen LogP) is 4.19. The first-order chi connectivity index (χ1) is 9.10. The highest BCUT2D eigenvalue weighted by Gasteiger charge is 2.07. The molecule has 0 aliphatic rings. The van der Waals surface area contributed by atoms with Crippen LogP contribution in [0.2, 0.25) is 0 Å². The molecule has 0 spiro atoms. The summed E-state index contributed by atoms with van der Waals surface area (Å²) in [5, 5.41) is 0. The average molecular weight is 325 g/mol. The van der Waals surface area contributed by atoms with Crippen LogP contribution in [0.15, 0.2) is 41.0 Å². The van der Waals surface area contributed by atoms with Crippen LogP contribution in [-0.4, -0.2) is 4.98 Å². The molecule has 0 amide bonds. The van der Waals surface area contributed by atoms with Crippen molar-refractivity contribution in [3.63, 3.8) is 0 Å². The van der Waals surface area contributed by atoms with Gasteiger partial charge in [-0.25, -0.2) is 4.39 Å². The van der Waals surface area contributed by atoms with Gasteiger partial charge in [0.25, 0.3) is 0 Å². The summed E-state index contributed by atoms with van der Waals surface area (Å²) in [6, 6.07) is 7.82. The van der Waals surface area contributed by atoms with Crippen LogP contribution in [0.4, 0.5) is 4.39 Å². The third-order valence-electron chi connectivity index (χ3n) is 2.70. The van der Waals surface area contributed by atoms with Gasteiger partial charge in [-0.1, -0.05) is 6.92 Å². The van der Waals surface area contributed by atoms with Gasteiger partial charge >= 0.3 is 0 Å². The number of nitrogens with zero attached hydrogens (tertiary/aromatic N) is 1. The van der Waals surface area contributed by atoms with Crippen LogP contribution in [0, 0.1) is 5.82 Å². The first-order valence-electron chi connectivity index (χ1n) is 5.94. The molecule has 0 unspecified atom stereocenters. The van der Waals surface area contributed by atoms with Gasteiger partial charge in [-0.3, -0.25) is 4.98 Å². The Labute approximate surface area is 119 Å². The maximum atomic E-state index is 13.0. The number of aromatic nitrogens is 1. The quantitative estimate of drug-likeness (QED) is 0.917. The summed E-state index contributed by atoms with van der Waals surface area (Å²) in [7, 11) is 0. The summed E-state index contributed by atoms with van der Waals surface area (Å²) in [6.45, 7) is 2.01. The molecule has 1 heterocycles. The SMILES string of the molecule is CC[C@H](N)c1ccc(Oc2ccc(F)cc2Br)cn1. The van der Waals surface area contributed by atoms with Crippen LogP contribution in [0.25, 0.3) is 0 Å². The fraction of sp³-hybridized carbons (Fsp3) is 0.214. The van der Waals surface area contributed by atoms with Gasteiger partial charge in [-0.2, -0.15) is 0 Å². The van der Waals surface area contributed by atoms with Gasteiger partial charge in [0.15, 0.2) is 0 Å². The molecule has 0 aliphatic carbocycles. The van der Waals surface area contributed by atoms with Crippen molar-refractivity contribution in [2.45, 2.75) is 19.4 Å². The van der Waals surface area contributed by atoms with E-state index in [0.29, 0.717) is 16.0 Å². The highest BCUT2D eigenvalue weighted by Crippen LogP contribution is 2.30. The maximum absolute atomic E-state index is 13.0. The van der Waals surface area contributed by atoms with E-state index in [0.717, 1.165) is 12.1 Å². The molecular weight excluding hydrogens is 311 g/mol. The Morgan fingerprint density at radius 3 is 2.74 bits per heavy atom. The summed E-state index contributed by atoms with van der Waals surface area (Å²) in [6.07, 6.45) is 2.44. The Bertz CT molecular complexity index is 560. The number of benzene rings is 1. The molecule has 3 nitrogen and oxygen atoms in total. The summed E-state index contributed by atoms with van der Waals surface area (Å²) < 4.78 is 19.1. The van der Waals surface area contributed by atoms with Crippen molar-refractivity contribution in [2.24, 2.45) is 5.73 Å². The van der Waals surface area contributed by atoms with E-state index < -0.39 is 0 Å². The van der Waals surface area contributed by atoms with Crippen molar-refractivity contribution in [3.05, 3.63) is 52.5 Å². The molecule has 0 saturated heterocycles. The van der Waals surface area contributed by atoms with Gasteiger partial charge in [0.05, 0.1) is 16.4 Å². The van der Waals surface area contributed by atoms with Crippen LogP contribution in [0.1, 0.15) is 25.1 Å². The Hall–Kier alpha value is -1.46. The van der Waals surface area contributed by atoms with Crippen molar-refractivity contribution in [1.82, 2.24) is 4.98 Å². The normalized spacial score (nSPS) is 12.2. The smallest absolute Gasteiger partial charge is 0.145 e. The second kappa shape index (κ2) is 6.12. The van der Waals surface area contributed by atoms with Crippen LogP contribution < -0.4 is 10.5 Å². The van der Waals surface area contributed by atoms with Gasteiger partial charge in [-0.05, 0) is 52.7 Å². The lowest BCUT2D eigenvalue weighted by Gasteiger charge is -2.10. The Balaban J connectivity index is 2.15. The van der Waals surface area contributed by atoms with Gasteiger partial charge in [0.1, 0.15) is 17.3 Å². The van der Waals surface area contributed by atoms with Gasteiger partial charge in [-0.15, -0.1) is 0 Å². The molecule has 19 heavy (non-hydrogen) atoms. The molecular formula is C14H14BrFN2O. The molecule has 1 atom stereocenters. The lowest BCUT2D eigenvalue weighted by molar-refractivity contribution is 0.474. The topological polar surface area (TPSA) is 48.1 Å². The first kappa shape index (κ1) is 14.0. The summed E-state index contributed by atoms with van der Waals surface area (Å²) in [5.41, 5.74) is 6.71. The number of ether oxygens (including phenoxy) is 1. The van der Waals surface area contributed by atoms with E-state index in [1.165, 1.54) is 12.1 Å². The fourth-order valence-corrected chi connectivity index (χ4v) is 2.00. The second-order valence-electron chi connectivity index (χ2n) is 4.11. The van der Waals surface area contributed by atoms with Crippen molar-refractivity contribution in [1.29, 1.82) is 0 Å². The highest BCUT2D eigenvalue weighted by atomic mass is 79.9. The Kier molecular flexibility index (Phi) is 4.50. The molecule has 0 aliphatic heterocycles. The number of hydrogen-bond donors (Lipinski definition) is 1. The van der Waals surface area contributed by atoms with E-state index in [2.05, 4.69) is 20.9 Å². The zero-order valence-electron chi connectivity index (χ0n) is 10.4. The van der Waals surface area contributed by atoms with Crippen molar-refractivity contribution in [2.75, 3.05) is 0 Å². The van der Waals surface area contributed by atoms with E-state index >= 15 is 0 Å². The van der Waals surface area contributed by atoms with Gasteiger partial charge in [0.2, 0.25) is 0 Å². The van der Waals surface area contributed by atoms with Gasteiger partial charge < -0.3 is 10.5 Å². The molecule has 0 saturated carbocycles. The lowest BCUT2D eigenvalue weighted by Crippen LogP contribution is -2.10. The predicted molar refractivity (Wildman–Crippen MR) is 75.6 cm³/mol. The Morgan fingerprint density at radius 1 is 1.37 bits per heavy atom. The molecule has 5 heteroatoms. The monoisotopic (exact) mass is 324 g/mol. The van der Waals surface area contributed by atoms with Crippen LogP contribution in [0.5, 0.6) is 11.5 Å². The zero-order chi connectivity index (χ0) is 13.8.